The van der Waals surface area contributed by atoms with Crippen LogP contribution in [-0.4, -0.2) is 39.1 Å². The van der Waals surface area contributed by atoms with E-state index >= 15 is 0 Å². The highest BCUT2D eigenvalue weighted by Gasteiger charge is 2.13. The number of imidazole rings is 1. The standard InChI is InChI=1S/C25H26N4O4.CH4/c1-29-22-11-10-17(33-18-12-13-26-21(16-18)23(31)8-5-6-14-30)15-20(22)28-25(29)27-19-7-3-4-9-24(19)32-2;/h3-4,7,9-13,15-16,30H,5-6,8,14H2,1-2H3,(H,27,28);1H4. The molecule has 0 bridgehead atoms. The van der Waals surface area contributed by atoms with Crippen LogP contribution in [0.2, 0.25) is 0 Å². The van der Waals surface area contributed by atoms with Crippen molar-refractivity contribution in [2.45, 2.75) is 26.7 Å². The summed E-state index contributed by atoms with van der Waals surface area (Å²) in [5, 5.41) is 12.2. The summed E-state index contributed by atoms with van der Waals surface area (Å²) in [6.07, 6.45) is 3.13. The van der Waals surface area contributed by atoms with Crippen LogP contribution in [0.3, 0.4) is 0 Å². The van der Waals surface area contributed by atoms with E-state index in [2.05, 4.69) is 10.3 Å². The molecule has 0 amide bonds. The molecule has 34 heavy (non-hydrogen) atoms. The van der Waals surface area contributed by atoms with Crippen LogP contribution in [0.15, 0.2) is 60.8 Å². The number of carbonyl (C=O) groups is 1. The van der Waals surface area contributed by atoms with Gasteiger partial charge in [-0.1, -0.05) is 19.6 Å². The van der Waals surface area contributed by atoms with Crippen molar-refractivity contribution < 1.29 is 19.4 Å². The van der Waals surface area contributed by atoms with Crippen LogP contribution in [0.4, 0.5) is 11.6 Å². The number of aryl methyl sites for hydroxylation is 1. The number of unbranched alkanes of at least 4 members (excludes halogenated alkanes) is 1. The van der Waals surface area contributed by atoms with Gasteiger partial charge in [0.15, 0.2) is 5.78 Å². The van der Waals surface area contributed by atoms with E-state index in [1.54, 1.807) is 25.4 Å². The van der Waals surface area contributed by atoms with E-state index < -0.39 is 0 Å². The molecule has 0 atom stereocenters. The second kappa shape index (κ2) is 11.3. The summed E-state index contributed by atoms with van der Waals surface area (Å²) >= 11 is 0. The Labute approximate surface area is 199 Å². The van der Waals surface area contributed by atoms with Gasteiger partial charge in [-0.25, -0.2) is 4.98 Å². The van der Waals surface area contributed by atoms with Gasteiger partial charge in [0.2, 0.25) is 5.95 Å². The highest BCUT2D eigenvalue weighted by atomic mass is 16.5. The number of carbonyl (C=O) groups excluding carboxylic acids is 1. The first-order valence-electron chi connectivity index (χ1n) is 10.7. The molecule has 8 heteroatoms. The first-order chi connectivity index (χ1) is 16.1. The van der Waals surface area contributed by atoms with Gasteiger partial charge in [0.05, 0.1) is 23.8 Å². The minimum Gasteiger partial charge on any atom is -0.495 e. The average Bonchev–Trinajstić information content (AvgIpc) is 3.14. The Morgan fingerprint density at radius 2 is 1.88 bits per heavy atom. The molecule has 0 unspecified atom stereocenters. The number of ketones is 1. The molecule has 2 aromatic carbocycles. The number of aromatic nitrogens is 3. The molecule has 0 fully saturated rings. The Morgan fingerprint density at radius 3 is 2.68 bits per heavy atom. The second-order valence-electron chi connectivity index (χ2n) is 7.55. The van der Waals surface area contributed by atoms with Gasteiger partial charge < -0.3 is 24.5 Å². The van der Waals surface area contributed by atoms with Crippen molar-refractivity contribution in [1.82, 2.24) is 14.5 Å². The van der Waals surface area contributed by atoms with Gasteiger partial charge in [0, 0.05) is 38.4 Å². The number of fused-ring (bicyclic) bond motifs is 1. The third-order valence-electron chi connectivity index (χ3n) is 5.27. The van der Waals surface area contributed by atoms with Crippen molar-refractivity contribution in [3.8, 4) is 17.2 Å². The minimum absolute atomic E-state index is 0. The monoisotopic (exact) mass is 462 g/mol. The zero-order valence-corrected chi connectivity index (χ0v) is 18.6. The van der Waals surface area contributed by atoms with E-state index in [-0.39, 0.29) is 19.8 Å². The van der Waals surface area contributed by atoms with Gasteiger partial charge in [-0.3, -0.25) is 9.78 Å². The molecule has 0 saturated carbocycles. The zero-order chi connectivity index (χ0) is 23.2. The largest absolute Gasteiger partial charge is 0.495 e. The molecule has 4 aromatic rings. The number of aliphatic hydroxyl groups excluding tert-OH is 1. The van der Waals surface area contributed by atoms with Crippen LogP contribution in [0.1, 0.15) is 37.2 Å². The number of hydrogen-bond acceptors (Lipinski definition) is 7. The molecule has 2 N–H and O–H groups in total. The molecular formula is C26H30N4O4. The van der Waals surface area contributed by atoms with E-state index in [0.717, 1.165) is 22.5 Å². The maximum Gasteiger partial charge on any atom is 0.208 e. The molecule has 0 aliphatic rings. The lowest BCUT2D eigenvalue weighted by Crippen LogP contribution is -2.02. The SMILES string of the molecule is C.COc1ccccc1Nc1nc2cc(Oc3ccnc(C(=O)CCCCO)c3)ccc2n1C. The lowest BCUT2D eigenvalue weighted by atomic mass is 10.1. The number of Topliss-reactive ketones (excluding diaryl/α,β-unsaturated/α-hetero) is 1. The van der Waals surface area contributed by atoms with E-state index in [1.807, 2.05) is 54.1 Å². The van der Waals surface area contributed by atoms with Gasteiger partial charge >= 0.3 is 0 Å². The van der Waals surface area contributed by atoms with Gasteiger partial charge in [0.25, 0.3) is 0 Å². The molecule has 0 radical (unpaired) electrons. The highest BCUT2D eigenvalue weighted by molar-refractivity contribution is 5.94. The second-order valence-corrected chi connectivity index (χ2v) is 7.55. The molecule has 0 aliphatic heterocycles. The normalized spacial score (nSPS) is 10.6. The van der Waals surface area contributed by atoms with Crippen LogP contribution in [-0.2, 0) is 7.05 Å². The topological polar surface area (TPSA) is 98.5 Å². The number of pyridine rings is 1. The molecule has 4 rings (SSSR count). The van der Waals surface area contributed by atoms with Gasteiger partial charge in [0.1, 0.15) is 22.9 Å². The molecule has 8 nitrogen and oxygen atoms in total. The lowest BCUT2D eigenvalue weighted by Gasteiger charge is -2.10. The summed E-state index contributed by atoms with van der Waals surface area (Å²) in [7, 11) is 3.57. The number of methoxy groups -OCH3 is 1. The summed E-state index contributed by atoms with van der Waals surface area (Å²) in [6.45, 7) is 0.0794. The van der Waals surface area contributed by atoms with Crippen molar-refractivity contribution in [2.75, 3.05) is 19.0 Å². The van der Waals surface area contributed by atoms with Crippen molar-refractivity contribution in [2.24, 2.45) is 7.05 Å². The molecule has 0 aliphatic carbocycles. The molecule has 2 heterocycles. The van der Waals surface area contributed by atoms with Crippen molar-refractivity contribution >= 4 is 28.5 Å². The minimum atomic E-state index is -0.0684. The summed E-state index contributed by atoms with van der Waals surface area (Å²) in [5.41, 5.74) is 2.88. The van der Waals surface area contributed by atoms with E-state index in [1.165, 1.54) is 0 Å². The maximum absolute atomic E-state index is 12.3. The van der Waals surface area contributed by atoms with Crippen LogP contribution >= 0.6 is 0 Å². The Bertz CT molecular complexity index is 1270. The predicted molar refractivity (Wildman–Crippen MR) is 133 cm³/mol. The number of ether oxygens (including phenoxy) is 2. The number of rotatable bonds is 10. The fourth-order valence-corrected chi connectivity index (χ4v) is 3.51. The van der Waals surface area contributed by atoms with E-state index in [9.17, 15) is 4.79 Å². The van der Waals surface area contributed by atoms with Gasteiger partial charge in [-0.05, 0) is 43.2 Å². The average molecular weight is 463 g/mol. The number of nitrogens with zero attached hydrogens (tertiary/aromatic N) is 3. The van der Waals surface area contributed by atoms with Crippen LogP contribution in [0, 0.1) is 0 Å². The van der Waals surface area contributed by atoms with E-state index in [4.69, 9.17) is 19.6 Å². The summed E-state index contributed by atoms with van der Waals surface area (Å²) in [5.74, 6) is 2.47. The third-order valence-corrected chi connectivity index (χ3v) is 5.27. The number of nitrogens with one attached hydrogen (secondary N) is 1. The fraction of sp³-hybridized carbons (Fsp3) is 0.269. The van der Waals surface area contributed by atoms with Crippen molar-refractivity contribution in [3.05, 3.63) is 66.5 Å². The van der Waals surface area contributed by atoms with Crippen molar-refractivity contribution in [3.63, 3.8) is 0 Å². The molecule has 0 spiro atoms. The Hall–Kier alpha value is -3.91. The summed E-state index contributed by atoms with van der Waals surface area (Å²) in [6, 6.07) is 16.7. The highest BCUT2D eigenvalue weighted by Crippen LogP contribution is 2.30. The fourth-order valence-electron chi connectivity index (χ4n) is 3.51. The zero-order valence-electron chi connectivity index (χ0n) is 18.6. The quantitative estimate of drug-likeness (QED) is 0.237. The third kappa shape index (κ3) is 5.52. The Kier molecular flexibility index (Phi) is 8.21. The van der Waals surface area contributed by atoms with Crippen molar-refractivity contribution in [1.29, 1.82) is 0 Å². The number of benzene rings is 2. The molecular weight excluding hydrogens is 432 g/mol. The Morgan fingerprint density at radius 1 is 1.09 bits per heavy atom. The first-order valence-corrected chi connectivity index (χ1v) is 10.7. The van der Waals surface area contributed by atoms with Crippen LogP contribution in [0.5, 0.6) is 17.2 Å². The first kappa shape index (κ1) is 24.7. The summed E-state index contributed by atoms with van der Waals surface area (Å²) < 4.78 is 13.4. The number of anilines is 2. The maximum atomic E-state index is 12.3. The summed E-state index contributed by atoms with van der Waals surface area (Å²) in [4.78, 5) is 21.2. The molecule has 178 valence electrons. The number of aliphatic hydroxyl groups is 1. The van der Waals surface area contributed by atoms with Gasteiger partial charge in [-0.2, -0.15) is 0 Å². The Balaban J connectivity index is 0.00000324. The van der Waals surface area contributed by atoms with Gasteiger partial charge in [-0.15, -0.1) is 0 Å². The molecule has 0 saturated heterocycles. The number of hydrogen-bond donors (Lipinski definition) is 2. The lowest BCUT2D eigenvalue weighted by molar-refractivity contribution is 0.0972. The predicted octanol–water partition coefficient (Wildman–Crippen LogP) is 5.49. The van der Waals surface area contributed by atoms with Crippen LogP contribution < -0.4 is 14.8 Å². The number of para-hydroxylation sites is 2. The van der Waals surface area contributed by atoms with E-state index in [0.29, 0.717) is 42.4 Å². The van der Waals surface area contributed by atoms with Crippen LogP contribution in [0.25, 0.3) is 11.0 Å². The smallest absolute Gasteiger partial charge is 0.208 e. The molecule has 2 aromatic heterocycles.